The van der Waals surface area contributed by atoms with Crippen molar-refractivity contribution in [3.63, 3.8) is 0 Å². The Morgan fingerprint density at radius 2 is 1.96 bits per heavy atom. The predicted molar refractivity (Wildman–Crippen MR) is 81.4 cm³/mol. The second kappa shape index (κ2) is 6.62. The Kier molecular flexibility index (Phi) is 4.99. The molecule has 0 fully saturated rings. The third kappa shape index (κ3) is 4.04. The summed E-state index contributed by atoms with van der Waals surface area (Å²) in [4.78, 5) is 11.9. The molecule has 1 aromatic carbocycles. The molecular formula is C15H15ClF3N3O. The minimum atomic E-state index is -4.52. The zero-order chi connectivity index (χ0) is 17.2. The molecule has 0 aliphatic rings. The van der Waals surface area contributed by atoms with Crippen molar-refractivity contribution in [2.75, 3.05) is 5.32 Å². The van der Waals surface area contributed by atoms with Crippen LogP contribution >= 0.6 is 11.6 Å². The zero-order valence-electron chi connectivity index (χ0n) is 12.5. The largest absolute Gasteiger partial charge is 0.418 e. The van der Waals surface area contributed by atoms with Crippen LogP contribution in [-0.4, -0.2) is 15.7 Å². The molecule has 0 saturated heterocycles. The summed E-state index contributed by atoms with van der Waals surface area (Å²) in [6.07, 6.45) is -4.53. The summed E-state index contributed by atoms with van der Waals surface area (Å²) >= 11 is 6.01. The van der Waals surface area contributed by atoms with Crippen molar-refractivity contribution < 1.29 is 18.0 Å². The number of alkyl halides is 3. The summed E-state index contributed by atoms with van der Waals surface area (Å²) in [7, 11) is 0. The molecule has 0 aliphatic carbocycles. The van der Waals surface area contributed by atoms with Crippen LogP contribution in [-0.2, 0) is 17.5 Å². The van der Waals surface area contributed by atoms with Crippen molar-refractivity contribution in [2.24, 2.45) is 0 Å². The van der Waals surface area contributed by atoms with Gasteiger partial charge in [0.25, 0.3) is 0 Å². The summed E-state index contributed by atoms with van der Waals surface area (Å²) in [6.45, 7) is 3.74. The fraction of sp³-hybridized carbons (Fsp3) is 0.333. The molecule has 1 N–H and O–H groups in total. The van der Waals surface area contributed by atoms with E-state index in [0.29, 0.717) is 16.4 Å². The lowest BCUT2D eigenvalue weighted by molar-refractivity contribution is -0.137. The van der Waals surface area contributed by atoms with Crippen molar-refractivity contribution >= 4 is 23.2 Å². The lowest BCUT2D eigenvalue weighted by Gasteiger charge is -2.13. The Balaban J connectivity index is 2.05. The van der Waals surface area contributed by atoms with Crippen LogP contribution in [0.4, 0.5) is 18.9 Å². The number of halogens is 4. The maximum atomic E-state index is 12.9. The van der Waals surface area contributed by atoms with E-state index in [-0.39, 0.29) is 18.7 Å². The molecule has 0 saturated carbocycles. The van der Waals surface area contributed by atoms with Crippen molar-refractivity contribution in [3.8, 4) is 0 Å². The van der Waals surface area contributed by atoms with Crippen LogP contribution in [0.25, 0.3) is 0 Å². The number of nitrogens with zero attached hydrogens (tertiary/aromatic N) is 2. The highest BCUT2D eigenvalue weighted by Crippen LogP contribution is 2.34. The molecule has 8 heteroatoms. The zero-order valence-corrected chi connectivity index (χ0v) is 13.3. The third-order valence-electron chi connectivity index (χ3n) is 3.35. The van der Waals surface area contributed by atoms with E-state index in [1.54, 1.807) is 18.5 Å². The van der Waals surface area contributed by atoms with Gasteiger partial charge in [-0.2, -0.15) is 18.3 Å². The number of nitrogens with one attached hydrogen (secondary N) is 1. The molecule has 2 aromatic rings. The Morgan fingerprint density at radius 1 is 1.30 bits per heavy atom. The van der Waals surface area contributed by atoms with Crippen LogP contribution in [0.1, 0.15) is 23.4 Å². The van der Waals surface area contributed by atoms with Gasteiger partial charge in [-0.05, 0) is 26.0 Å². The Morgan fingerprint density at radius 3 is 2.52 bits per heavy atom. The highest BCUT2D eigenvalue weighted by molar-refractivity contribution is 6.31. The Bertz CT molecular complexity index is 725. The minimum absolute atomic E-state index is 0.00944. The van der Waals surface area contributed by atoms with E-state index >= 15 is 0 Å². The first-order valence-electron chi connectivity index (χ1n) is 6.85. The van der Waals surface area contributed by atoms with E-state index in [9.17, 15) is 18.0 Å². The smallest absolute Gasteiger partial charge is 0.325 e. The number of aromatic nitrogens is 2. The maximum absolute atomic E-state index is 12.9. The summed E-state index contributed by atoms with van der Waals surface area (Å²) in [5, 5.41) is 6.99. The molecule has 0 unspecified atom stereocenters. The molecule has 124 valence electrons. The number of benzene rings is 1. The van der Waals surface area contributed by atoms with Crippen LogP contribution in [0.15, 0.2) is 24.3 Å². The van der Waals surface area contributed by atoms with Crippen LogP contribution < -0.4 is 5.32 Å². The standard InChI is InChI=1S/C15H15ClF3N3O/c1-9-14(16)10(2)22(21-9)8-7-13(23)20-12-6-4-3-5-11(12)15(17,18)19/h3-6H,7-8H2,1-2H3,(H,20,23). The van der Waals surface area contributed by atoms with Gasteiger partial charge in [0.1, 0.15) is 0 Å². The molecule has 1 amide bonds. The topological polar surface area (TPSA) is 46.9 Å². The normalized spacial score (nSPS) is 11.6. The number of rotatable bonds is 4. The SMILES string of the molecule is Cc1nn(CCC(=O)Nc2ccccc2C(F)(F)F)c(C)c1Cl. The fourth-order valence-electron chi connectivity index (χ4n) is 2.15. The highest BCUT2D eigenvalue weighted by atomic mass is 35.5. The molecular weight excluding hydrogens is 331 g/mol. The van der Waals surface area contributed by atoms with Gasteiger partial charge >= 0.3 is 6.18 Å². The number of para-hydroxylation sites is 1. The Hall–Kier alpha value is -2.02. The van der Waals surface area contributed by atoms with Gasteiger partial charge in [-0.15, -0.1) is 0 Å². The molecule has 2 rings (SSSR count). The van der Waals surface area contributed by atoms with Crippen molar-refractivity contribution in [1.82, 2.24) is 9.78 Å². The number of aryl methyl sites for hydroxylation is 2. The number of carbonyl (C=O) groups excluding carboxylic acids is 1. The number of hydrogen-bond acceptors (Lipinski definition) is 2. The van der Waals surface area contributed by atoms with Crippen molar-refractivity contribution in [2.45, 2.75) is 33.0 Å². The number of amides is 1. The monoisotopic (exact) mass is 345 g/mol. The Labute approximate surface area is 136 Å². The van der Waals surface area contributed by atoms with Crippen LogP contribution in [0.2, 0.25) is 5.02 Å². The van der Waals surface area contributed by atoms with Gasteiger partial charge in [-0.3, -0.25) is 9.48 Å². The molecule has 0 spiro atoms. The summed E-state index contributed by atoms with van der Waals surface area (Å²) in [5.41, 5.74) is 0.235. The van der Waals surface area contributed by atoms with E-state index < -0.39 is 17.6 Å². The van der Waals surface area contributed by atoms with Gasteiger partial charge in [0.15, 0.2) is 0 Å². The first-order chi connectivity index (χ1) is 10.7. The highest BCUT2D eigenvalue weighted by Gasteiger charge is 2.33. The van der Waals surface area contributed by atoms with Gasteiger partial charge < -0.3 is 5.32 Å². The summed E-state index contributed by atoms with van der Waals surface area (Å²) in [6, 6.07) is 4.86. The van der Waals surface area contributed by atoms with Crippen molar-refractivity contribution in [1.29, 1.82) is 0 Å². The van der Waals surface area contributed by atoms with Crippen molar-refractivity contribution in [3.05, 3.63) is 46.2 Å². The van der Waals surface area contributed by atoms with E-state index in [1.807, 2.05) is 0 Å². The molecule has 0 aliphatic heterocycles. The molecule has 0 radical (unpaired) electrons. The predicted octanol–water partition coefficient (Wildman–Crippen LogP) is 4.20. The maximum Gasteiger partial charge on any atom is 0.418 e. The van der Waals surface area contributed by atoms with Gasteiger partial charge in [0.2, 0.25) is 5.91 Å². The molecule has 0 bridgehead atoms. The molecule has 1 heterocycles. The second-order valence-electron chi connectivity index (χ2n) is 5.05. The lowest BCUT2D eigenvalue weighted by Crippen LogP contribution is -2.18. The van der Waals surface area contributed by atoms with Gasteiger partial charge in [0, 0.05) is 6.42 Å². The molecule has 23 heavy (non-hydrogen) atoms. The number of hydrogen-bond donors (Lipinski definition) is 1. The minimum Gasteiger partial charge on any atom is -0.325 e. The first-order valence-corrected chi connectivity index (χ1v) is 7.23. The lowest BCUT2D eigenvalue weighted by atomic mass is 10.1. The molecule has 0 atom stereocenters. The van der Waals surface area contributed by atoms with E-state index in [2.05, 4.69) is 10.4 Å². The summed E-state index contributed by atoms with van der Waals surface area (Å²) in [5.74, 6) is -0.523. The third-order valence-corrected chi connectivity index (χ3v) is 3.90. The van der Waals surface area contributed by atoms with Gasteiger partial charge in [-0.25, -0.2) is 0 Å². The first kappa shape index (κ1) is 17.3. The van der Waals surface area contributed by atoms with Crippen LogP contribution in [0.3, 0.4) is 0 Å². The second-order valence-corrected chi connectivity index (χ2v) is 5.43. The van der Waals surface area contributed by atoms with Crippen LogP contribution in [0.5, 0.6) is 0 Å². The van der Waals surface area contributed by atoms with Gasteiger partial charge in [-0.1, -0.05) is 23.7 Å². The average molecular weight is 346 g/mol. The number of anilines is 1. The van der Waals surface area contributed by atoms with E-state index in [1.165, 1.54) is 18.2 Å². The molecule has 1 aromatic heterocycles. The quantitative estimate of drug-likeness (QED) is 0.902. The number of carbonyl (C=O) groups is 1. The van der Waals surface area contributed by atoms with E-state index in [4.69, 9.17) is 11.6 Å². The average Bonchev–Trinajstić information content (AvgIpc) is 2.72. The fourth-order valence-corrected chi connectivity index (χ4v) is 2.29. The summed E-state index contributed by atoms with van der Waals surface area (Å²) < 4.78 is 40.2. The van der Waals surface area contributed by atoms with E-state index in [0.717, 1.165) is 6.07 Å². The van der Waals surface area contributed by atoms with Gasteiger partial charge in [0.05, 0.1) is 34.2 Å². The van der Waals surface area contributed by atoms with Crippen LogP contribution in [0, 0.1) is 13.8 Å². The molecule has 4 nitrogen and oxygen atoms in total.